The SMILES string of the molecule is C[N+](C)(C)CC(CC(=O)[O-])OCC(=O)CCCCCCCCCC(F)(F)C(F)(F)C(F)(F)C(F)(F)F. The molecule has 1 atom stereocenters. The fraction of sp³-hybridized carbons (Fsp3) is 0.909. The van der Waals surface area contributed by atoms with Gasteiger partial charge in [0.1, 0.15) is 19.3 Å². The highest BCUT2D eigenvalue weighted by atomic mass is 19.4. The highest BCUT2D eigenvalue weighted by Gasteiger charge is 2.81. The van der Waals surface area contributed by atoms with Gasteiger partial charge in [-0.15, -0.1) is 0 Å². The third kappa shape index (κ3) is 11.7. The molecule has 5 nitrogen and oxygen atoms in total. The average Bonchev–Trinajstić information content (AvgIpc) is 2.68. The topological polar surface area (TPSA) is 66.4 Å². The number of likely N-dealkylation sites (N-methyl/N-ethyl adjacent to an activating group) is 1. The molecule has 214 valence electrons. The van der Waals surface area contributed by atoms with Gasteiger partial charge in [-0.25, -0.2) is 0 Å². The molecule has 0 N–H and O–H groups in total. The Labute approximate surface area is 204 Å². The number of carbonyl (C=O) groups excluding carboxylic acids is 2. The Hall–Kier alpha value is -1.57. The number of carboxylic acids is 1. The molecular formula is C22H34F9NO4. The van der Waals surface area contributed by atoms with Crippen LogP contribution < -0.4 is 5.11 Å². The van der Waals surface area contributed by atoms with Gasteiger partial charge in [0, 0.05) is 25.2 Å². The molecule has 0 aromatic carbocycles. The molecule has 0 spiro atoms. The second kappa shape index (κ2) is 13.8. The Bertz CT molecular complexity index is 692. The number of carbonyl (C=O) groups is 2. The van der Waals surface area contributed by atoms with Crippen molar-refractivity contribution < 1.29 is 63.4 Å². The molecule has 0 aromatic rings. The van der Waals surface area contributed by atoms with Gasteiger partial charge in [0.2, 0.25) is 0 Å². The number of aliphatic carboxylic acids is 1. The lowest BCUT2D eigenvalue weighted by atomic mass is 9.97. The van der Waals surface area contributed by atoms with E-state index in [9.17, 15) is 54.2 Å². The van der Waals surface area contributed by atoms with E-state index in [4.69, 9.17) is 4.74 Å². The molecule has 0 aliphatic rings. The summed E-state index contributed by atoms with van der Waals surface area (Å²) >= 11 is 0. The van der Waals surface area contributed by atoms with Crippen molar-refractivity contribution in [1.82, 2.24) is 0 Å². The molecule has 0 bridgehead atoms. The van der Waals surface area contributed by atoms with E-state index >= 15 is 0 Å². The molecule has 0 saturated heterocycles. The van der Waals surface area contributed by atoms with Crippen molar-refractivity contribution in [2.24, 2.45) is 0 Å². The number of ketones is 1. The van der Waals surface area contributed by atoms with Crippen molar-refractivity contribution in [2.45, 2.75) is 94.3 Å². The van der Waals surface area contributed by atoms with Crippen LogP contribution in [0.2, 0.25) is 0 Å². The molecule has 0 saturated carbocycles. The lowest BCUT2D eigenvalue weighted by Crippen LogP contribution is -2.60. The van der Waals surface area contributed by atoms with Crippen molar-refractivity contribution in [3.8, 4) is 0 Å². The van der Waals surface area contributed by atoms with Gasteiger partial charge in [0.25, 0.3) is 0 Å². The Morgan fingerprint density at radius 3 is 1.69 bits per heavy atom. The molecule has 0 fully saturated rings. The molecule has 0 aromatic heterocycles. The number of halogens is 9. The van der Waals surface area contributed by atoms with E-state index in [2.05, 4.69) is 0 Å². The Morgan fingerprint density at radius 1 is 0.778 bits per heavy atom. The van der Waals surface area contributed by atoms with Gasteiger partial charge in [0.15, 0.2) is 5.78 Å². The fourth-order valence-corrected chi connectivity index (χ4v) is 3.37. The summed E-state index contributed by atoms with van der Waals surface area (Å²) in [4.78, 5) is 22.8. The minimum atomic E-state index is -6.85. The van der Waals surface area contributed by atoms with E-state index in [1.165, 1.54) is 0 Å². The van der Waals surface area contributed by atoms with Crippen molar-refractivity contribution in [1.29, 1.82) is 0 Å². The average molecular weight is 547 g/mol. The molecule has 0 radical (unpaired) electrons. The van der Waals surface area contributed by atoms with E-state index in [1.54, 1.807) is 0 Å². The van der Waals surface area contributed by atoms with Gasteiger partial charge >= 0.3 is 23.9 Å². The van der Waals surface area contributed by atoms with Crippen molar-refractivity contribution >= 4 is 11.8 Å². The molecule has 0 rings (SSSR count). The fourth-order valence-electron chi connectivity index (χ4n) is 3.37. The van der Waals surface area contributed by atoms with Crippen molar-refractivity contribution in [3.05, 3.63) is 0 Å². The van der Waals surface area contributed by atoms with Crippen LogP contribution in [-0.4, -0.2) is 80.6 Å². The summed E-state index contributed by atoms with van der Waals surface area (Å²) in [7, 11) is 5.50. The zero-order chi connectivity index (χ0) is 28.4. The summed E-state index contributed by atoms with van der Waals surface area (Å²) in [5.41, 5.74) is 0. The molecule has 36 heavy (non-hydrogen) atoms. The van der Waals surface area contributed by atoms with Gasteiger partial charge in [0.05, 0.1) is 21.1 Å². The molecule has 14 heteroatoms. The Balaban J connectivity index is 4.17. The number of unbranched alkanes of at least 4 members (excludes halogenated alkanes) is 6. The Morgan fingerprint density at radius 2 is 1.25 bits per heavy atom. The van der Waals surface area contributed by atoms with Crippen LogP contribution in [0.25, 0.3) is 0 Å². The van der Waals surface area contributed by atoms with Gasteiger partial charge < -0.3 is 19.1 Å². The number of alkyl halides is 9. The van der Waals surface area contributed by atoms with E-state index in [0.29, 0.717) is 36.7 Å². The predicted molar refractivity (Wildman–Crippen MR) is 110 cm³/mol. The lowest BCUT2D eigenvalue weighted by molar-refractivity contribution is -0.873. The van der Waals surface area contributed by atoms with Crippen molar-refractivity contribution in [3.63, 3.8) is 0 Å². The molecule has 0 aliphatic heterocycles. The summed E-state index contributed by atoms with van der Waals surface area (Å²) < 4.78 is 121. The number of carboxylic acid groups (broad SMARTS) is 1. The third-order valence-corrected chi connectivity index (χ3v) is 5.28. The molecule has 1 unspecified atom stereocenters. The number of nitrogens with zero attached hydrogens (tertiary/aromatic N) is 1. The Kier molecular flexibility index (Phi) is 13.2. The van der Waals surface area contributed by atoms with E-state index < -0.39 is 48.9 Å². The van der Waals surface area contributed by atoms with Gasteiger partial charge in [-0.1, -0.05) is 32.1 Å². The lowest BCUT2D eigenvalue weighted by Gasteiger charge is -2.33. The van der Waals surface area contributed by atoms with Crippen LogP contribution in [0.3, 0.4) is 0 Å². The number of hydrogen-bond acceptors (Lipinski definition) is 4. The minimum absolute atomic E-state index is 0.0673. The first-order valence-electron chi connectivity index (χ1n) is 11.5. The van der Waals surface area contributed by atoms with Gasteiger partial charge in [-0.2, -0.15) is 39.5 Å². The molecule has 0 amide bonds. The largest absolute Gasteiger partial charge is 0.550 e. The third-order valence-electron chi connectivity index (χ3n) is 5.28. The normalized spacial score (nSPS) is 14.7. The van der Waals surface area contributed by atoms with E-state index in [-0.39, 0.29) is 38.1 Å². The van der Waals surface area contributed by atoms with Crippen LogP contribution in [0, 0.1) is 0 Å². The maximum absolute atomic E-state index is 13.4. The van der Waals surface area contributed by atoms with E-state index in [1.807, 2.05) is 21.1 Å². The molecule has 0 heterocycles. The van der Waals surface area contributed by atoms with Gasteiger partial charge in [-0.05, 0) is 12.8 Å². The van der Waals surface area contributed by atoms with Crippen LogP contribution >= 0.6 is 0 Å². The second-order valence-electron chi connectivity index (χ2n) is 9.85. The summed E-state index contributed by atoms with van der Waals surface area (Å²) in [5, 5.41) is 10.8. The smallest absolute Gasteiger partial charge is 0.460 e. The van der Waals surface area contributed by atoms with Crippen LogP contribution in [-0.2, 0) is 14.3 Å². The van der Waals surface area contributed by atoms with Crippen LogP contribution in [0.5, 0.6) is 0 Å². The number of rotatable bonds is 19. The van der Waals surface area contributed by atoms with Crippen LogP contribution in [0.1, 0.15) is 64.2 Å². The number of quaternary nitrogens is 1. The number of ether oxygens (including phenoxy) is 1. The highest BCUT2D eigenvalue weighted by Crippen LogP contribution is 2.54. The zero-order valence-electron chi connectivity index (χ0n) is 20.5. The first kappa shape index (κ1) is 34.4. The summed E-state index contributed by atoms with van der Waals surface area (Å²) in [6.45, 7) is 0.0970. The summed E-state index contributed by atoms with van der Waals surface area (Å²) in [5.74, 6) is -20.5. The first-order valence-corrected chi connectivity index (χ1v) is 11.5. The van der Waals surface area contributed by atoms with Gasteiger partial charge in [-0.3, -0.25) is 4.79 Å². The quantitative estimate of drug-likeness (QED) is 0.133. The predicted octanol–water partition coefficient (Wildman–Crippen LogP) is 4.77. The molecule has 0 aliphatic carbocycles. The van der Waals surface area contributed by atoms with Crippen molar-refractivity contribution in [2.75, 3.05) is 34.3 Å². The highest BCUT2D eigenvalue weighted by molar-refractivity contribution is 5.79. The number of hydrogen-bond donors (Lipinski definition) is 0. The summed E-state index contributed by atoms with van der Waals surface area (Å²) in [6, 6.07) is 0. The van der Waals surface area contributed by atoms with Crippen LogP contribution in [0.15, 0.2) is 0 Å². The monoisotopic (exact) mass is 547 g/mol. The summed E-state index contributed by atoms with van der Waals surface area (Å²) in [6.07, 6.45) is -7.90. The van der Waals surface area contributed by atoms with E-state index in [0.717, 1.165) is 0 Å². The maximum atomic E-state index is 13.4. The minimum Gasteiger partial charge on any atom is -0.550 e. The van der Waals surface area contributed by atoms with Crippen LogP contribution in [0.4, 0.5) is 39.5 Å². The zero-order valence-corrected chi connectivity index (χ0v) is 20.5. The maximum Gasteiger partial charge on any atom is 0.460 e. The first-order chi connectivity index (χ1) is 16.1. The molecular weight excluding hydrogens is 513 g/mol. The number of Topliss-reactive ketones (excluding diaryl/α,β-unsaturated/α-hetero) is 1. The second-order valence-corrected chi connectivity index (χ2v) is 9.85. The standard InChI is InChI=1S/C22H34F9NO4/c1-32(2,3)14-17(13-18(34)35)36-15-16(33)11-9-7-5-4-6-8-10-12-19(23,24)20(25,26)21(27,28)22(29,30)31/h17H,4-15H2,1-3H3.